The van der Waals surface area contributed by atoms with Crippen LogP contribution in [0, 0.1) is 0 Å². The van der Waals surface area contributed by atoms with E-state index in [9.17, 15) is 13.2 Å². The molecule has 0 saturated carbocycles. The van der Waals surface area contributed by atoms with Gasteiger partial charge in [-0.25, -0.2) is 0 Å². The molecule has 1 aliphatic carbocycles. The lowest BCUT2D eigenvalue weighted by atomic mass is 9.95. The smallest absolute Gasteiger partial charge is 0.416 e. The molecule has 1 aromatic heterocycles. The van der Waals surface area contributed by atoms with E-state index in [1.165, 1.54) is 12.1 Å². The van der Waals surface area contributed by atoms with Crippen LogP contribution in [0.5, 0.6) is 0 Å². The highest BCUT2D eigenvalue weighted by atomic mass is 19.4. The fraction of sp³-hybridized carbons (Fsp3) is 0.385. The summed E-state index contributed by atoms with van der Waals surface area (Å²) in [4.78, 5) is 0. The van der Waals surface area contributed by atoms with E-state index in [0.717, 1.165) is 43.1 Å². The molecule has 1 aliphatic rings. The SMILES string of the molecule is FC(F)(F)c1ccc2oc3c(c2c1)CCCC3. The van der Waals surface area contributed by atoms with Gasteiger partial charge in [0.05, 0.1) is 5.56 Å². The number of furan rings is 1. The molecule has 0 spiro atoms. The van der Waals surface area contributed by atoms with E-state index in [-0.39, 0.29) is 0 Å². The van der Waals surface area contributed by atoms with Crippen molar-refractivity contribution in [3.05, 3.63) is 35.1 Å². The van der Waals surface area contributed by atoms with E-state index in [2.05, 4.69) is 0 Å². The van der Waals surface area contributed by atoms with E-state index < -0.39 is 11.7 Å². The van der Waals surface area contributed by atoms with Crippen molar-refractivity contribution in [2.75, 3.05) is 0 Å². The van der Waals surface area contributed by atoms with E-state index >= 15 is 0 Å². The number of hydrogen-bond donors (Lipinski definition) is 0. The highest BCUT2D eigenvalue weighted by Gasteiger charge is 2.31. The normalized spacial score (nSPS) is 16.2. The van der Waals surface area contributed by atoms with Gasteiger partial charge in [0.2, 0.25) is 0 Å². The monoisotopic (exact) mass is 240 g/mol. The van der Waals surface area contributed by atoms with E-state index in [0.29, 0.717) is 11.0 Å². The van der Waals surface area contributed by atoms with Gasteiger partial charge in [0.15, 0.2) is 0 Å². The van der Waals surface area contributed by atoms with Crippen LogP contribution in [-0.4, -0.2) is 0 Å². The van der Waals surface area contributed by atoms with Crippen molar-refractivity contribution < 1.29 is 17.6 Å². The van der Waals surface area contributed by atoms with Gasteiger partial charge in [-0.2, -0.15) is 13.2 Å². The summed E-state index contributed by atoms with van der Waals surface area (Å²) in [7, 11) is 0. The number of alkyl halides is 3. The Kier molecular flexibility index (Phi) is 2.21. The van der Waals surface area contributed by atoms with Crippen LogP contribution in [0.4, 0.5) is 13.2 Å². The molecule has 3 rings (SSSR count). The van der Waals surface area contributed by atoms with Gasteiger partial charge in [0.1, 0.15) is 11.3 Å². The molecule has 90 valence electrons. The third-order valence-electron chi connectivity index (χ3n) is 3.28. The van der Waals surface area contributed by atoms with Gasteiger partial charge in [-0.15, -0.1) is 0 Å². The van der Waals surface area contributed by atoms with Gasteiger partial charge in [0, 0.05) is 17.4 Å². The molecule has 0 fully saturated rings. The largest absolute Gasteiger partial charge is 0.461 e. The Hall–Kier alpha value is -1.45. The molecule has 17 heavy (non-hydrogen) atoms. The van der Waals surface area contributed by atoms with E-state index in [4.69, 9.17) is 4.42 Å². The summed E-state index contributed by atoms with van der Waals surface area (Å²) in [6.45, 7) is 0. The maximum absolute atomic E-state index is 12.6. The lowest BCUT2D eigenvalue weighted by molar-refractivity contribution is -0.137. The molecular formula is C13H11F3O. The topological polar surface area (TPSA) is 13.1 Å². The van der Waals surface area contributed by atoms with E-state index in [1.54, 1.807) is 0 Å². The van der Waals surface area contributed by atoms with Gasteiger partial charge >= 0.3 is 6.18 Å². The van der Waals surface area contributed by atoms with Crippen LogP contribution in [-0.2, 0) is 19.0 Å². The molecule has 2 aromatic rings. The second kappa shape index (κ2) is 3.52. The maximum Gasteiger partial charge on any atom is 0.416 e. The zero-order valence-electron chi connectivity index (χ0n) is 9.10. The van der Waals surface area contributed by atoms with Gasteiger partial charge in [-0.3, -0.25) is 0 Å². The molecule has 1 aromatic carbocycles. The minimum Gasteiger partial charge on any atom is -0.461 e. The first-order chi connectivity index (χ1) is 8.05. The summed E-state index contributed by atoms with van der Waals surface area (Å²) in [6.07, 6.45) is -0.543. The first-order valence-corrected chi connectivity index (χ1v) is 5.67. The molecule has 1 nitrogen and oxygen atoms in total. The minimum absolute atomic E-state index is 0.574. The Bertz CT molecular complexity index is 566. The van der Waals surface area contributed by atoms with Gasteiger partial charge in [-0.1, -0.05) is 0 Å². The molecule has 0 unspecified atom stereocenters. The summed E-state index contributed by atoms with van der Waals surface area (Å²) in [5.74, 6) is 0.866. The molecule has 0 saturated heterocycles. The minimum atomic E-state index is -4.28. The molecule has 0 atom stereocenters. The quantitative estimate of drug-likeness (QED) is 0.668. The van der Waals surface area contributed by atoms with Gasteiger partial charge in [-0.05, 0) is 37.5 Å². The van der Waals surface area contributed by atoms with Crippen LogP contribution in [0.1, 0.15) is 29.7 Å². The molecule has 0 amide bonds. The number of rotatable bonds is 0. The average molecular weight is 240 g/mol. The second-order valence-corrected chi connectivity index (χ2v) is 4.42. The molecule has 0 aliphatic heterocycles. The van der Waals surface area contributed by atoms with Crippen LogP contribution < -0.4 is 0 Å². The molecule has 0 N–H and O–H groups in total. The van der Waals surface area contributed by atoms with E-state index in [1.807, 2.05) is 0 Å². The van der Waals surface area contributed by atoms with Crippen LogP contribution in [0.3, 0.4) is 0 Å². The molecule has 0 radical (unpaired) electrons. The third-order valence-corrected chi connectivity index (χ3v) is 3.28. The Balaban J connectivity index is 2.21. The Labute approximate surface area is 96.2 Å². The van der Waals surface area contributed by atoms with Crippen molar-refractivity contribution in [3.8, 4) is 0 Å². The average Bonchev–Trinajstić information content (AvgIpc) is 2.65. The van der Waals surface area contributed by atoms with Crippen LogP contribution >= 0.6 is 0 Å². The predicted octanol–water partition coefficient (Wildman–Crippen LogP) is 4.33. The van der Waals surface area contributed by atoms with Crippen molar-refractivity contribution in [3.63, 3.8) is 0 Å². The molecule has 4 heteroatoms. The highest BCUT2D eigenvalue weighted by molar-refractivity contribution is 5.83. The summed E-state index contributed by atoms with van der Waals surface area (Å²) >= 11 is 0. The van der Waals surface area contributed by atoms with Crippen LogP contribution in [0.15, 0.2) is 22.6 Å². The fourth-order valence-electron chi connectivity index (χ4n) is 2.44. The molecular weight excluding hydrogens is 229 g/mol. The Morgan fingerprint density at radius 2 is 1.82 bits per heavy atom. The van der Waals surface area contributed by atoms with Gasteiger partial charge < -0.3 is 4.42 Å². The van der Waals surface area contributed by atoms with Crippen molar-refractivity contribution in [2.45, 2.75) is 31.9 Å². The van der Waals surface area contributed by atoms with Crippen LogP contribution in [0.25, 0.3) is 11.0 Å². The summed E-state index contributed by atoms with van der Waals surface area (Å²) < 4.78 is 43.5. The number of fused-ring (bicyclic) bond motifs is 3. The zero-order chi connectivity index (χ0) is 12.0. The fourth-order valence-corrected chi connectivity index (χ4v) is 2.44. The zero-order valence-corrected chi connectivity index (χ0v) is 9.10. The molecule has 0 bridgehead atoms. The van der Waals surface area contributed by atoms with Crippen molar-refractivity contribution >= 4 is 11.0 Å². The Morgan fingerprint density at radius 3 is 2.59 bits per heavy atom. The lowest BCUT2D eigenvalue weighted by Crippen LogP contribution is -2.04. The third kappa shape index (κ3) is 1.72. The first kappa shape index (κ1) is 10.7. The lowest BCUT2D eigenvalue weighted by Gasteiger charge is -2.09. The number of hydrogen-bond acceptors (Lipinski definition) is 1. The standard InChI is InChI=1S/C13H11F3O/c14-13(15,16)8-5-6-12-10(7-8)9-3-1-2-4-11(9)17-12/h5-7H,1-4H2. The summed E-state index contributed by atoms with van der Waals surface area (Å²) in [5, 5.41) is 0.634. The van der Waals surface area contributed by atoms with Gasteiger partial charge in [0.25, 0.3) is 0 Å². The number of aryl methyl sites for hydroxylation is 2. The summed E-state index contributed by atoms with van der Waals surface area (Å²) in [5.41, 5.74) is 0.946. The predicted molar refractivity (Wildman–Crippen MR) is 57.9 cm³/mol. The molecule has 1 heterocycles. The first-order valence-electron chi connectivity index (χ1n) is 5.67. The van der Waals surface area contributed by atoms with Crippen molar-refractivity contribution in [2.24, 2.45) is 0 Å². The highest BCUT2D eigenvalue weighted by Crippen LogP contribution is 2.36. The number of halogens is 3. The van der Waals surface area contributed by atoms with Crippen molar-refractivity contribution in [1.29, 1.82) is 0 Å². The Morgan fingerprint density at radius 1 is 1.06 bits per heavy atom. The summed E-state index contributed by atoms with van der Waals surface area (Å²) in [6, 6.07) is 3.72. The van der Waals surface area contributed by atoms with Crippen molar-refractivity contribution in [1.82, 2.24) is 0 Å². The number of benzene rings is 1. The second-order valence-electron chi connectivity index (χ2n) is 4.42. The van der Waals surface area contributed by atoms with Crippen LogP contribution in [0.2, 0.25) is 0 Å². The maximum atomic E-state index is 12.6.